The number of nitrogens with one attached hydrogen (secondary N) is 1. The highest BCUT2D eigenvalue weighted by molar-refractivity contribution is 5.07. The Hall–Kier alpha value is -0.840. The Morgan fingerprint density at radius 1 is 1.30 bits per heavy atom. The minimum absolute atomic E-state index is 0.492. The van der Waals surface area contributed by atoms with E-state index in [1.807, 2.05) is 0 Å². The molecule has 1 aliphatic heterocycles. The van der Waals surface area contributed by atoms with Gasteiger partial charge in [0.15, 0.2) is 0 Å². The summed E-state index contributed by atoms with van der Waals surface area (Å²) in [6.07, 6.45) is 1.22. The van der Waals surface area contributed by atoms with E-state index in [0.717, 1.165) is 44.2 Å². The van der Waals surface area contributed by atoms with Gasteiger partial charge < -0.3 is 14.6 Å². The van der Waals surface area contributed by atoms with Crippen LogP contribution in [0.3, 0.4) is 0 Å². The molecule has 1 unspecified atom stereocenters. The Kier molecular flexibility index (Phi) is 5.64. The summed E-state index contributed by atoms with van der Waals surface area (Å²) in [5, 5.41) is 3.39. The molecular formula is C16H29N3O. The molecule has 1 N–H and O–H groups in total. The maximum Gasteiger partial charge on any atom is 0.118 e. The maximum absolute atomic E-state index is 5.91. The SMILES string of the molecule is CCC1CN(Cc2ccc(CNC(C)C)o2)CCN1C. The van der Waals surface area contributed by atoms with Gasteiger partial charge in [-0.1, -0.05) is 20.8 Å². The van der Waals surface area contributed by atoms with Crippen LogP contribution in [-0.4, -0.2) is 48.6 Å². The summed E-state index contributed by atoms with van der Waals surface area (Å²) in [7, 11) is 2.23. The van der Waals surface area contributed by atoms with Crippen LogP contribution in [0.2, 0.25) is 0 Å². The summed E-state index contributed by atoms with van der Waals surface area (Å²) in [5.41, 5.74) is 0. The minimum atomic E-state index is 0.492. The van der Waals surface area contributed by atoms with Crippen molar-refractivity contribution < 1.29 is 4.42 Å². The highest BCUT2D eigenvalue weighted by atomic mass is 16.3. The van der Waals surface area contributed by atoms with Gasteiger partial charge in [0.25, 0.3) is 0 Å². The van der Waals surface area contributed by atoms with Crippen LogP contribution >= 0.6 is 0 Å². The first-order chi connectivity index (χ1) is 9.58. The molecule has 1 aromatic rings. The van der Waals surface area contributed by atoms with Gasteiger partial charge in [0.05, 0.1) is 13.1 Å². The molecule has 20 heavy (non-hydrogen) atoms. The van der Waals surface area contributed by atoms with Gasteiger partial charge in [0.1, 0.15) is 11.5 Å². The highest BCUT2D eigenvalue weighted by Gasteiger charge is 2.23. The molecule has 0 spiro atoms. The third-order valence-corrected chi connectivity index (χ3v) is 4.11. The predicted molar refractivity (Wildman–Crippen MR) is 82.7 cm³/mol. The maximum atomic E-state index is 5.91. The molecule has 2 rings (SSSR count). The van der Waals surface area contributed by atoms with Crippen molar-refractivity contribution in [3.05, 3.63) is 23.7 Å². The monoisotopic (exact) mass is 279 g/mol. The van der Waals surface area contributed by atoms with Gasteiger partial charge in [-0.3, -0.25) is 4.90 Å². The van der Waals surface area contributed by atoms with Crippen LogP contribution in [-0.2, 0) is 13.1 Å². The van der Waals surface area contributed by atoms with Crippen LogP contribution in [0.1, 0.15) is 38.7 Å². The topological polar surface area (TPSA) is 31.6 Å². The Morgan fingerprint density at radius 2 is 2.05 bits per heavy atom. The second-order valence-electron chi connectivity index (χ2n) is 6.18. The molecule has 1 saturated heterocycles. The Labute approximate surface area is 123 Å². The molecule has 0 radical (unpaired) electrons. The summed E-state index contributed by atoms with van der Waals surface area (Å²) in [5.74, 6) is 2.12. The van der Waals surface area contributed by atoms with E-state index in [1.165, 1.54) is 6.42 Å². The van der Waals surface area contributed by atoms with E-state index in [1.54, 1.807) is 0 Å². The fourth-order valence-electron chi connectivity index (χ4n) is 2.72. The minimum Gasteiger partial charge on any atom is -0.463 e. The summed E-state index contributed by atoms with van der Waals surface area (Å²) in [6, 6.07) is 5.39. The molecule has 0 aromatic carbocycles. The molecule has 0 amide bonds. The zero-order chi connectivity index (χ0) is 14.5. The number of piperazine rings is 1. The molecule has 2 heterocycles. The van der Waals surface area contributed by atoms with Crippen molar-refractivity contribution in [2.24, 2.45) is 0 Å². The predicted octanol–water partition coefficient (Wildman–Crippen LogP) is 2.30. The number of hydrogen-bond donors (Lipinski definition) is 1. The molecule has 4 nitrogen and oxygen atoms in total. The van der Waals surface area contributed by atoms with E-state index < -0.39 is 0 Å². The van der Waals surface area contributed by atoms with Crippen molar-refractivity contribution in [3.63, 3.8) is 0 Å². The lowest BCUT2D eigenvalue weighted by molar-refractivity contribution is 0.0832. The lowest BCUT2D eigenvalue weighted by atomic mass is 10.1. The first kappa shape index (κ1) is 15.5. The highest BCUT2D eigenvalue weighted by Crippen LogP contribution is 2.15. The molecule has 0 saturated carbocycles. The lowest BCUT2D eigenvalue weighted by Crippen LogP contribution is -2.50. The summed E-state index contributed by atoms with van der Waals surface area (Å²) < 4.78 is 5.91. The van der Waals surface area contributed by atoms with Crippen molar-refractivity contribution in [2.45, 2.75) is 52.4 Å². The average Bonchev–Trinajstić information content (AvgIpc) is 2.86. The van der Waals surface area contributed by atoms with Crippen molar-refractivity contribution in [2.75, 3.05) is 26.7 Å². The van der Waals surface area contributed by atoms with E-state index in [4.69, 9.17) is 4.42 Å². The first-order valence-corrected chi connectivity index (χ1v) is 7.82. The van der Waals surface area contributed by atoms with Crippen molar-refractivity contribution in [1.29, 1.82) is 0 Å². The third kappa shape index (κ3) is 4.33. The molecule has 1 aliphatic rings. The van der Waals surface area contributed by atoms with Gasteiger partial charge in [-0.05, 0) is 25.6 Å². The number of furan rings is 1. The first-order valence-electron chi connectivity index (χ1n) is 7.82. The average molecular weight is 279 g/mol. The standard InChI is InChI=1S/C16H29N3O/c1-5-14-11-19(9-8-18(14)4)12-16-7-6-15(20-16)10-17-13(2)3/h6-7,13-14,17H,5,8-12H2,1-4H3. The van der Waals surface area contributed by atoms with Crippen LogP contribution in [0.15, 0.2) is 16.5 Å². The van der Waals surface area contributed by atoms with Crippen LogP contribution in [0.25, 0.3) is 0 Å². The van der Waals surface area contributed by atoms with Gasteiger partial charge in [0, 0.05) is 31.7 Å². The zero-order valence-electron chi connectivity index (χ0n) is 13.4. The normalized spacial score (nSPS) is 21.8. The summed E-state index contributed by atoms with van der Waals surface area (Å²) >= 11 is 0. The van der Waals surface area contributed by atoms with Crippen LogP contribution in [0.5, 0.6) is 0 Å². The zero-order valence-corrected chi connectivity index (χ0v) is 13.4. The molecule has 1 atom stereocenters. The molecule has 0 bridgehead atoms. The van der Waals surface area contributed by atoms with E-state index >= 15 is 0 Å². The molecule has 114 valence electrons. The van der Waals surface area contributed by atoms with Gasteiger partial charge >= 0.3 is 0 Å². The Morgan fingerprint density at radius 3 is 2.75 bits per heavy atom. The quantitative estimate of drug-likeness (QED) is 0.866. The van der Waals surface area contributed by atoms with Gasteiger partial charge in [0.2, 0.25) is 0 Å². The fourth-order valence-corrected chi connectivity index (χ4v) is 2.72. The van der Waals surface area contributed by atoms with E-state index in [0.29, 0.717) is 12.1 Å². The summed E-state index contributed by atoms with van der Waals surface area (Å²) in [4.78, 5) is 4.98. The molecule has 1 aromatic heterocycles. The van der Waals surface area contributed by atoms with Gasteiger partial charge in [-0.15, -0.1) is 0 Å². The second kappa shape index (κ2) is 7.25. The van der Waals surface area contributed by atoms with Crippen molar-refractivity contribution in [3.8, 4) is 0 Å². The molecular weight excluding hydrogens is 250 g/mol. The Balaban J connectivity index is 1.84. The van der Waals surface area contributed by atoms with Crippen LogP contribution in [0.4, 0.5) is 0 Å². The number of rotatable bonds is 6. The molecule has 1 fully saturated rings. The van der Waals surface area contributed by atoms with Crippen molar-refractivity contribution >= 4 is 0 Å². The molecule has 0 aliphatic carbocycles. The van der Waals surface area contributed by atoms with Crippen molar-refractivity contribution in [1.82, 2.24) is 15.1 Å². The second-order valence-corrected chi connectivity index (χ2v) is 6.18. The summed E-state index contributed by atoms with van der Waals surface area (Å²) in [6.45, 7) is 11.8. The van der Waals surface area contributed by atoms with Gasteiger partial charge in [-0.2, -0.15) is 0 Å². The number of nitrogens with zero attached hydrogens (tertiary/aromatic N) is 2. The van der Waals surface area contributed by atoms with Crippen LogP contribution in [0, 0.1) is 0 Å². The lowest BCUT2D eigenvalue weighted by Gasteiger charge is -2.38. The number of hydrogen-bond acceptors (Lipinski definition) is 4. The van der Waals surface area contributed by atoms with E-state index in [2.05, 4.69) is 55.1 Å². The number of likely N-dealkylation sites (N-methyl/N-ethyl adjacent to an activating group) is 1. The van der Waals surface area contributed by atoms with E-state index in [-0.39, 0.29) is 0 Å². The van der Waals surface area contributed by atoms with Crippen LogP contribution < -0.4 is 5.32 Å². The fraction of sp³-hybridized carbons (Fsp3) is 0.750. The third-order valence-electron chi connectivity index (χ3n) is 4.11. The van der Waals surface area contributed by atoms with Gasteiger partial charge in [-0.25, -0.2) is 0 Å². The smallest absolute Gasteiger partial charge is 0.118 e. The largest absolute Gasteiger partial charge is 0.463 e. The molecule has 4 heteroatoms. The van der Waals surface area contributed by atoms with E-state index in [9.17, 15) is 0 Å². The Bertz CT molecular complexity index is 402.